The fourth-order valence-corrected chi connectivity index (χ4v) is 2.88. The molecule has 1 fully saturated rings. The van der Waals surface area contributed by atoms with Gasteiger partial charge in [-0.05, 0) is 43.9 Å². The molecule has 0 radical (unpaired) electrons. The molecule has 1 aromatic carbocycles. The zero-order valence-corrected chi connectivity index (χ0v) is 11.9. The van der Waals surface area contributed by atoms with Crippen LogP contribution in [0.15, 0.2) is 18.2 Å². The van der Waals surface area contributed by atoms with Gasteiger partial charge in [-0.25, -0.2) is 9.18 Å². The number of aliphatic carboxylic acids is 1. The Labute approximate surface area is 122 Å². The number of hydrogen-bond acceptors (Lipinski definition) is 3. The number of rotatable bonds is 4. The molecule has 0 saturated heterocycles. The van der Waals surface area contributed by atoms with Gasteiger partial charge >= 0.3 is 5.97 Å². The zero-order valence-electron chi connectivity index (χ0n) is 11.9. The predicted molar refractivity (Wildman–Crippen MR) is 76.3 cm³/mol. The molecule has 21 heavy (non-hydrogen) atoms. The van der Waals surface area contributed by atoms with Crippen molar-refractivity contribution in [1.82, 2.24) is 5.32 Å². The smallest absolute Gasteiger partial charge is 0.329 e. The molecule has 5 nitrogen and oxygen atoms in total. The first-order valence-corrected chi connectivity index (χ1v) is 6.95. The lowest BCUT2D eigenvalue weighted by molar-refractivity contribution is -0.146. The molecule has 0 aromatic heterocycles. The minimum Gasteiger partial charge on any atom is -0.480 e. The molecule has 0 heterocycles. The Morgan fingerprint density at radius 3 is 2.52 bits per heavy atom. The van der Waals surface area contributed by atoms with Gasteiger partial charge in [-0.15, -0.1) is 0 Å². The molecule has 0 unspecified atom stereocenters. The van der Waals surface area contributed by atoms with Crippen LogP contribution in [0.3, 0.4) is 0 Å². The second-order valence-electron chi connectivity index (χ2n) is 5.67. The lowest BCUT2D eigenvalue weighted by atomic mass is 9.84. The summed E-state index contributed by atoms with van der Waals surface area (Å²) in [6, 6.07) is 3.43. The summed E-state index contributed by atoms with van der Waals surface area (Å²) in [5.74, 6) is -2.31. The van der Waals surface area contributed by atoms with Gasteiger partial charge in [0.1, 0.15) is 11.4 Å². The summed E-state index contributed by atoms with van der Waals surface area (Å²) in [5, 5.41) is 12.1. The second-order valence-corrected chi connectivity index (χ2v) is 5.67. The molecule has 0 spiro atoms. The number of carbonyl (C=O) groups is 2. The summed E-state index contributed by atoms with van der Waals surface area (Å²) < 4.78 is 13.0. The summed E-state index contributed by atoms with van der Waals surface area (Å²) >= 11 is 0. The number of nitrogens with one attached hydrogen (secondary N) is 1. The van der Waals surface area contributed by atoms with E-state index in [0.29, 0.717) is 0 Å². The molecular formula is C15H19FN2O3. The molecule has 0 bridgehead atoms. The summed E-state index contributed by atoms with van der Waals surface area (Å²) in [4.78, 5) is 23.9. The van der Waals surface area contributed by atoms with Gasteiger partial charge in [0.25, 0.3) is 5.91 Å². The van der Waals surface area contributed by atoms with E-state index < -0.39 is 23.2 Å². The lowest BCUT2D eigenvalue weighted by Gasteiger charge is -2.32. The number of amides is 1. The normalized spacial score (nSPS) is 18.2. The quantitative estimate of drug-likeness (QED) is 0.742. The molecule has 114 valence electrons. The van der Waals surface area contributed by atoms with E-state index in [-0.39, 0.29) is 17.2 Å². The van der Waals surface area contributed by atoms with Gasteiger partial charge in [0, 0.05) is 5.69 Å². The van der Waals surface area contributed by atoms with Crippen molar-refractivity contribution in [2.24, 2.45) is 5.92 Å². The van der Waals surface area contributed by atoms with Crippen LogP contribution in [-0.2, 0) is 4.79 Å². The van der Waals surface area contributed by atoms with Gasteiger partial charge in [0.2, 0.25) is 0 Å². The van der Waals surface area contributed by atoms with Gasteiger partial charge < -0.3 is 16.2 Å². The fraction of sp³-hybridized carbons (Fsp3) is 0.467. The lowest BCUT2D eigenvalue weighted by Crippen LogP contribution is -2.56. The van der Waals surface area contributed by atoms with Crippen molar-refractivity contribution < 1.29 is 19.1 Å². The van der Waals surface area contributed by atoms with Crippen LogP contribution in [0.25, 0.3) is 0 Å². The maximum atomic E-state index is 13.0. The van der Waals surface area contributed by atoms with Crippen LogP contribution >= 0.6 is 0 Å². The Hall–Kier alpha value is -2.11. The van der Waals surface area contributed by atoms with Gasteiger partial charge in [0.05, 0.1) is 5.56 Å². The Balaban J connectivity index is 2.24. The molecule has 1 amide bonds. The molecular weight excluding hydrogens is 275 g/mol. The predicted octanol–water partition coefficient (Wildman–Crippen LogP) is 2.17. The van der Waals surface area contributed by atoms with Crippen LogP contribution in [-0.4, -0.2) is 22.5 Å². The highest BCUT2D eigenvalue weighted by atomic mass is 19.1. The molecule has 6 heteroatoms. The van der Waals surface area contributed by atoms with Crippen molar-refractivity contribution in [1.29, 1.82) is 0 Å². The molecule has 2 rings (SSSR count). The van der Waals surface area contributed by atoms with Crippen molar-refractivity contribution >= 4 is 17.6 Å². The Morgan fingerprint density at radius 1 is 1.38 bits per heavy atom. The minimum absolute atomic E-state index is 0.00772. The summed E-state index contributed by atoms with van der Waals surface area (Å²) in [6.45, 7) is 1.52. The van der Waals surface area contributed by atoms with E-state index in [4.69, 9.17) is 5.73 Å². The van der Waals surface area contributed by atoms with E-state index >= 15 is 0 Å². The van der Waals surface area contributed by atoms with Crippen LogP contribution in [0.5, 0.6) is 0 Å². The average Bonchev–Trinajstić information content (AvgIpc) is 2.92. The van der Waals surface area contributed by atoms with Crippen LogP contribution in [0.4, 0.5) is 10.1 Å². The van der Waals surface area contributed by atoms with E-state index in [1.165, 1.54) is 13.0 Å². The van der Waals surface area contributed by atoms with E-state index in [0.717, 1.165) is 37.8 Å². The van der Waals surface area contributed by atoms with E-state index in [1.807, 2.05) is 0 Å². The van der Waals surface area contributed by atoms with Crippen molar-refractivity contribution in [3.63, 3.8) is 0 Å². The average molecular weight is 294 g/mol. The van der Waals surface area contributed by atoms with Crippen LogP contribution in [0.1, 0.15) is 43.0 Å². The molecule has 1 aliphatic carbocycles. The Morgan fingerprint density at radius 2 is 2.00 bits per heavy atom. The third-order valence-electron chi connectivity index (χ3n) is 4.25. The first-order valence-electron chi connectivity index (χ1n) is 6.95. The maximum Gasteiger partial charge on any atom is 0.329 e. The van der Waals surface area contributed by atoms with Gasteiger partial charge in [-0.3, -0.25) is 4.79 Å². The first-order chi connectivity index (χ1) is 9.84. The van der Waals surface area contributed by atoms with Gasteiger partial charge in [-0.2, -0.15) is 0 Å². The van der Waals surface area contributed by atoms with Crippen LogP contribution < -0.4 is 11.1 Å². The maximum absolute atomic E-state index is 13.0. The number of nitrogens with two attached hydrogens (primary N) is 1. The number of carboxylic acid groups (broad SMARTS) is 1. The molecule has 1 aliphatic rings. The van der Waals surface area contributed by atoms with Crippen molar-refractivity contribution in [3.05, 3.63) is 29.6 Å². The number of nitrogen functional groups attached to an aromatic ring is 1. The third kappa shape index (κ3) is 2.99. The topological polar surface area (TPSA) is 92.4 Å². The molecule has 1 aromatic rings. The fourth-order valence-electron chi connectivity index (χ4n) is 2.88. The van der Waals surface area contributed by atoms with E-state index in [1.54, 1.807) is 0 Å². The molecule has 0 aliphatic heterocycles. The highest BCUT2D eigenvalue weighted by molar-refractivity contribution is 6.01. The Bertz CT molecular complexity index is 570. The molecule has 1 saturated carbocycles. The van der Waals surface area contributed by atoms with Crippen molar-refractivity contribution in [2.75, 3.05) is 5.73 Å². The molecule has 4 N–H and O–H groups in total. The largest absolute Gasteiger partial charge is 0.480 e. The highest BCUT2D eigenvalue weighted by Gasteiger charge is 2.44. The summed E-state index contributed by atoms with van der Waals surface area (Å²) in [5.41, 5.74) is 4.36. The van der Waals surface area contributed by atoms with E-state index in [2.05, 4.69) is 5.32 Å². The minimum atomic E-state index is -1.34. The Kier molecular flexibility index (Phi) is 4.16. The second kappa shape index (κ2) is 5.71. The number of carbonyl (C=O) groups excluding carboxylic acids is 1. The van der Waals surface area contributed by atoms with Gasteiger partial charge in [0.15, 0.2) is 0 Å². The van der Waals surface area contributed by atoms with Crippen LogP contribution in [0.2, 0.25) is 0 Å². The highest BCUT2D eigenvalue weighted by Crippen LogP contribution is 2.34. The van der Waals surface area contributed by atoms with Crippen LogP contribution in [0, 0.1) is 11.7 Å². The number of carboxylic acids is 1. The van der Waals surface area contributed by atoms with E-state index in [9.17, 15) is 19.1 Å². The SMILES string of the molecule is C[C@@](NC(=O)c1ccc(F)cc1N)(C(=O)O)C1CCCC1. The summed E-state index contributed by atoms with van der Waals surface area (Å²) in [6.07, 6.45) is 3.45. The molecule has 1 atom stereocenters. The van der Waals surface area contributed by atoms with Crippen molar-refractivity contribution in [2.45, 2.75) is 38.1 Å². The van der Waals surface area contributed by atoms with Crippen molar-refractivity contribution in [3.8, 4) is 0 Å². The summed E-state index contributed by atoms with van der Waals surface area (Å²) in [7, 11) is 0. The number of benzene rings is 1. The number of hydrogen-bond donors (Lipinski definition) is 3. The first kappa shape index (κ1) is 15.3. The van der Waals surface area contributed by atoms with Gasteiger partial charge in [-0.1, -0.05) is 12.8 Å². The number of anilines is 1. The standard InChI is InChI=1S/C15H19FN2O3/c1-15(14(20)21,9-4-2-3-5-9)18-13(19)11-7-6-10(16)8-12(11)17/h6-9H,2-5,17H2,1H3,(H,18,19)(H,20,21)/t15-/m0/s1. The monoisotopic (exact) mass is 294 g/mol. The zero-order chi connectivity index (χ0) is 15.6. The number of halogens is 1. The third-order valence-corrected chi connectivity index (χ3v) is 4.25.